The van der Waals surface area contributed by atoms with Crippen LogP contribution in [0.3, 0.4) is 0 Å². The fourth-order valence-corrected chi connectivity index (χ4v) is 1.57. The van der Waals surface area contributed by atoms with Gasteiger partial charge in [-0.1, -0.05) is 23.7 Å². The fraction of sp³-hybridized carbons (Fsp3) is 0.333. The van der Waals surface area contributed by atoms with Crippen LogP contribution in [0.2, 0.25) is 5.02 Å². The lowest BCUT2D eigenvalue weighted by molar-refractivity contribution is 0.562. The van der Waals surface area contributed by atoms with Gasteiger partial charge in [-0.05, 0) is 37.6 Å². The van der Waals surface area contributed by atoms with Crippen LogP contribution < -0.4 is 5.32 Å². The molecule has 1 rings (SSSR count). The Morgan fingerprint density at radius 3 is 2.87 bits per heavy atom. The summed E-state index contributed by atoms with van der Waals surface area (Å²) in [6.07, 6.45) is 3.49. The van der Waals surface area contributed by atoms with Gasteiger partial charge in [0.05, 0.1) is 5.02 Å². The van der Waals surface area contributed by atoms with Gasteiger partial charge in [0.1, 0.15) is 5.82 Å². The average molecular weight is 228 g/mol. The van der Waals surface area contributed by atoms with Gasteiger partial charge in [-0.3, -0.25) is 0 Å². The van der Waals surface area contributed by atoms with E-state index >= 15 is 0 Å². The van der Waals surface area contributed by atoms with Gasteiger partial charge >= 0.3 is 0 Å². The van der Waals surface area contributed by atoms with E-state index in [2.05, 4.69) is 11.9 Å². The number of nitrogens with one attached hydrogen (secondary N) is 1. The van der Waals surface area contributed by atoms with Crippen LogP contribution in [0.15, 0.2) is 30.9 Å². The molecule has 0 aromatic heterocycles. The lowest BCUT2D eigenvalue weighted by Gasteiger charge is -2.14. The van der Waals surface area contributed by atoms with Crippen molar-refractivity contribution in [2.75, 3.05) is 7.05 Å². The van der Waals surface area contributed by atoms with Gasteiger partial charge in [-0.2, -0.15) is 0 Å². The Labute approximate surface area is 95.0 Å². The van der Waals surface area contributed by atoms with E-state index in [1.165, 1.54) is 6.07 Å². The van der Waals surface area contributed by atoms with Crippen LogP contribution in [-0.4, -0.2) is 13.1 Å². The van der Waals surface area contributed by atoms with E-state index in [1.807, 2.05) is 19.2 Å². The normalized spacial score (nSPS) is 12.5. The van der Waals surface area contributed by atoms with Gasteiger partial charge in [0, 0.05) is 6.04 Å². The first-order valence-corrected chi connectivity index (χ1v) is 5.27. The molecule has 0 radical (unpaired) electrons. The first-order chi connectivity index (χ1) is 7.17. The average Bonchev–Trinajstić information content (AvgIpc) is 2.23. The first-order valence-electron chi connectivity index (χ1n) is 4.89. The molecule has 1 atom stereocenters. The molecule has 1 N–H and O–H groups in total. The van der Waals surface area contributed by atoms with Crippen LogP contribution in [0.5, 0.6) is 0 Å². The molecule has 15 heavy (non-hydrogen) atoms. The highest BCUT2D eigenvalue weighted by atomic mass is 35.5. The smallest absolute Gasteiger partial charge is 0.142 e. The van der Waals surface area contributed by atoms with Gasteiger partial charge in [-0.25, -0.2) is 4.39 Å². The Bertz CT molecular complexity index is 338. The van der Waals surface area contributed by atoms with Crippen molar-refractivity contribution in [1.29, 1.82) is 0 Å². The summed E-state index contributed by atoms with van der Waals surface area (Å²) in [6, 6.07) is 5.21. The number of benzene rings is 1. The largest absolute Gasteiger partial charge is 0.316 e. The minimum absolute atomic E-state index is 0.170. The van der Waals surface area contributed by atoms with E-state index in [4.69, 9.17) is 11.6 Å². The van der Waals surface area contributed by atoms with Crippen molar-refractivity contribution in [2.24, 2.45) is 0 Å². The number of likely N-dealkylation sites (N-methyl/N-ethyl adjacent to an activating group) is 1. The topological polar surface area (TPSA) is 12.0 Å². The number of halogens is 2. The SMILES string of the molecule is C=CCC(Cc1ccc(Cl)c(F)c1)NC. The molecule has 1 unspecified atom stereocenters. The molecular formula is C12H15ClFN. The molecule has 82 valence electrons. The van der Waals surface area contributed by atoms with Crippen LogP contribution in [0.25, 0.3) is 0 Å². The second kappa shape index (κ2) is 5.89. The Kier molecular flexibility index (Phi) is 4.79. The zero-order chi connectivity index (χ0) is 11.3. The maximum absolute atomic E-state index is 13.1. The van der Waals surface area contributed by atoms with Crippen LogP contribution in [0.4, 0.5) is 4.39 Å². The highest BCUT2D eigenvalue weighted by Gasteiger charge is 2.07. The van der Waals surface area contributed by atoms with Crippen molar-refractivity contribution in [3.8, 4) is 0 Å². The molecule has 0 bridgehead atoms. The number of hydrogen-bond acceptors (Lipinski definition) is 1. The summed E-state index contributed by atoms with van der Waals surface area (Å²) in [5.41, 5.74) is 0.943. The van der Waals surface area contributed by atoms with E-state index in [-0.39, 0.29) is 10.8 Å². The summed E-state index contributed by atoms with van der Waals surface area (Å²) in [6.45, 7) is 3.69. The van der Waals surface area contributed by atoms with Gasteiger partial charge in [0.25, 0.3) is 0 Å². The molecule has 0 aliphatic rings. The Hall–Kier alpha value is -0.860. The molecule has 3 heteroatoms. The van der Waals surface area contributed by atoms with E-state index < -0.39 is 0 Å². The summed E-state index contributed by atoms with van der Waals surface area (Å²) in [5.74, 6) is -0.359. The molecule has 0 fully saturated rings. The highest BCUT2D eigenvalue weighted by Crippen LogP contribution is 2.17. The summed E-state index contributed by atoms with van der Waals surface area (Å²) in [5, 5.41) is 3.33. The molecule has 0 heterocycles. The van der Waals surface area contributed by atoms with Crippen LogP contribution >= 0.6 is 11.6 Å². The number of hydrogen-bond donors (Lipinski definition) is 1. The number of rotatable bonds is 5. The molecule has 1 aromatic rings. The third-order valence-electron chi connectivity index (χ3n) is 2.33. The quantitative estimate of drug-likeness (QED) is 0.762. The summed E-state index contributed by atoms with van der Waals surface area (Å²) in [7, 11) is 1.89. The first kappa shape index (κ1) is 12.2. The molecule has 0 aliphatic heterocycles. The predicted octanol–water partition coefficient (Wildman–Crippen LogP) is 3.19. The molecule has 0 saturated carbocycles. The van der Waals surface area contributed by atoms with E-state index in [0.29, 0.717) is 6.04 Å². The summed E-state index contributed by atoms with van der Waals surface area (Å²) in [4.78, 5) is 0. The maximum atomic E-state index is 13.1. The molecule has 1 nitrogen and oxygen atoms in total. The summed E-state index contributed by atoms with van der Waals surface area (Å²) >= 11 is 5.61. The molecule has 1 aromatic carbocycles. The Morgan fingerprint density at radius 2 is 2.33 bits per heavy atom. The van der Waals surface area contributed by atoms with Gasteiger partial charge in [0.15, 0.2) is 0 Å². The second-order valence-electron chi connectivity index (χ2n) is 3.46. The lowest BCUT2D eigenvalue weighted by atomic mass is 10.0. The molecule has 0 aliphatic carbocycles. The van der Waals surface area contributed by atoms with Crippen molar-refractivity contribution < 1.29 is 4.39 Å². The van der Waals surface area contributed by atoms with Crippen LogP contribution in [-0.2, 0) is 6.42 Å². The zero-order valence-corrected chi connectivity index (χ0v) is 9.52. The molecular weight excluding hydrogens is 213 g/mol. The fourth-order valence-electron chi connectivity index (χ4n) is 1.46. The van der Waals surface area contributed by atoms with Crippen LogP contribution in [0, 0.1) is 5.82 Å². The van der Waals surface area contributed by atoms with Gasteiger partial charge < -0.3 is 5.32 Å². The van der Waals surface area contributed by atoms with Crippen molar-refractivity contribution in [3.05, 3.63) is 47.3 Å². The minimum Gasteiger partial charge on any atom is -0.316 e. The Balaban J connectivity index is 2.70. The van der Waals surface area contributed by atoms with E-state index in [9.17, 15) is 4.39 Å². The maximum Gasteiger partial charge on any atom is 0.142 e. The predicted molar refractivity (Wildman–Crippen MR) is 62.8 cm³/mol. The van der Waals surface area contributed by atoms with Crippen molar-refractivity contribution in [2.45, 2.75) is 18.9 Å². The molecule has 0 amide bonds. The Morgan fingerprint density at radius 1 is 1.60 bits per heavy atom. The zero-order valence-electron chi connectivity index (χ0n) is 8.76. The molecule has 0 spiro atoms. The third-order valence-corrected chi connectivity index (χ3v) is 2.63. The third kappa shape index (κ3) is 3.65. The van der Waals surface area contributed by atoms with Crippen LogP contribution in [0.1, 0.15) is 12.0 Å². The van der Waals surface area contributed by atoms with Crippen molar-refractivity contribution in [3.63, 3.8) is 0 Å². The van der Waals surface area contributed by atoms with Gasteiger partial charge in [0.2, 0.25) is 0 Å². The monoisotopic (exact) mass is 227 g/mol. The van der Waals surface area contributed by atoms with Gasteiger partial charge in [-0.15, -0.1) is 6.58 Å². The van der Waals surface area contributed by atoms with E-state index in [0.717, 1.165) is 18.4 Å². The second-order valence-corrected chi connectivity index (χ2v) is 3.87. The van der Waals surface area contributed by atoms with Crippen molar-refractivity contribution in [1.82, 2.24) is 5.32 Å². The minimum atomic E-state index is -0.359. The highest BCUT2D eigenvalue weighted by molar-refractivity contribution is 6.30. The summed E-state index contributed by atoms with van der Waals surface area (Å²) < 4.78 is 13.1. The molecule has 0 saturated heterocycles. The van der Waals surface area contributed by atoms with E-state index in [1.54, 1.807) is 6.07 Å². The standard InChI is InChI=1S/C12H15ClFN/c1-3-4-10(15-2)7-9-5-6-11(13)12(14)8-9/h3,5-6,8,10,15H,1,4,7H2,2H3. The van der Waals surface area contributed by atoms with Crippen molar-refractivity contribution >= 4 is 11.6 Å². The lowest BCUT2D eigenvalue weighted by Crippen LogP contribution is -2.26.